The average molecular weight is 809 g/mol. The van der Waals surface area contributed by atoms with E-state index in [2.05, 4.69) is 199 Å². The van der Waals surface area contributed by atoms with Gasteiger partial charge in [-0.3, -0.25) is 0 Å². The second-order valence-corrected chi connectivity index (χ2v) is 16.6. The molecule has 0 fully saturated rings. The lowest BCUT2D eigenvalue weighted by molar-refractivity contribution is 1.07. The van der Waals surface area contributed by atoms with Crippen molar-refractivity contribution in [2.45, 2.75) is 0 Å². The molecule has 0 saturated heterocycles. The first-order valence-corrected chi connectivity index (χ1v) is 21.7. The molecule has 9 aromatic carbocycles. The van der Waals surface area contributed by atoms with Crippen molar-refractivity contribution in [2.24, 2.45) is 0 Å². The molecule has 62 heavy (non-hydrogen) atoms. The number of rotatable bonds is 7. The third-order valence-electron chi connectivity index (χ3n) is 11.9. The highest BCUT2D eigenvalue weighted by atomic mass is 32.1. The van der Waals surface area contributed by atoms with Crippen LogP contribution in [0.15, 0.2) is 218 Å². The number of aromatic nitrogens is 4. The van der Waals surface area contributed by atoms with Crippen molar-refractivity contribution < 1.29 is 0 Å². The number of hydrogen-bond donors (Lipinski definition) is 0. The molecule has 0 aliphatic rings. The Hall–Kier alpha value is -7.99. The Kier molecular flexibility index (Phi) is 8.65. The van der Waals surface area contributed by atoms with Crippen LogP contribution in [0.1, 0.15) is 0 Å². The van der Waals surface area contributed by atoms with Gasteiger partial charge in [0.25, 0.3) is 0 Å². The van der Waals surface area contributed by atoms with Gasteiger partial charge >= 0.3 is 0 Å². The first-order chi connectivity index (χ1) is 30.7. The van der Waals surface area contributed by atoms with Gasteiger partial charge in [0.2, 0.25) is 0 Å². The summed E-state index contributed by atoms with van der Waals surface area (Å²) in [6, 6.07) is 77.5. The van der Waals surface area contributed by atoms with E-state index < -0.39 is 0 Å². The molecule has 0 unspecified atom stereocenters. The number of fused-ring (bicyclic) bond motifs is 6. The van der Waals surface area contributed by atoms with Gasteiger partial charge in [-0.1, -0.05) is 194 Å². The van der Waals surface area contributed by atoms with E-state index >= 15 is 0 Å². The Morgan fingerprint density at radius 2 is 0.806 bits per heavy atom. The molecule has 5 heteroatoms. The van der Waals surface area contributed by atoms with E-state index in [0.717, 1.165) is 27.9 Å². The molecule has 0 aliphatic carbocycles. The summed E-state index contributed by atoms with van der Waals surface area (Å²) in [5, 5.41) is 4.94. The van der Waals surface area contributed by atoms with E-state index in [-0.39, 0.29) is 0 Å². The van der Waals surface area contributed by atoms with E-state index in [1.165, 1.54) is 69.8 Å². The Morgan fingerprint density at radius 1 is 0.323 bits per heavy atom. The van der Waals surface area contributed by atoms with Gasteiger partial charge in [-0.2, -0.15) is 0 Å². The molecular weight excluding hydrogens is 773 g/mol. The van der Waals surface area contributed by atoms with Crippen molar-refractivity contribution in [2.75, 3.05) is 0 Å². The second kappa shape index (κ2) is 14.9. The Bertz CT molecular complexity index is 3610. The monoisotopic (exact) mass is 808 g/mol. The Balaban J connectivity index is 0.996. The summed E-state index contributed by atoms with van der Waals surface area (Å²) >= 11 is 1.83. The zero-order chi connectivity index (χ0) is 41.0. The summed E-state index contributed by atoms with van der Waals surface area (Å²) in [5.74, 6) is 1.94. The van der Waals surface area contributed by atoms with Crippen LogP contribution < -0.4 is 0 Å². The van der Waals surface area contributed by atoms with Crippen molar-refractivity contribution in [3.63, 3.8) is 0 Å². The van der Waals surface area contributed by atoms with E-state index in [1.807, 2.05) is 35.6 Å². The maximum atomic E-state index is 5.12. The third-order valence-corrected chi connectivity index (χ3v) is 13.1. The van der Waals surface area contributed by atoms with Crippen molar-refractivity contribution in [1.82, 2.24) is 19.5 Å². The number of hydrogen-bond acceptors (Lipinski definition) is 4. The largest absolute Gasteiger partial charge is 0.309 e. The molecule has 3 heterocycles. The molecule has 4 nitrogen and oxygen atoms in total. The smallest absolute Gasteiger partial charge is 0.164 e. The summed E-state index contributed by atoms with van der Waals surface area (Å²) in [7, 11) is 0. The predicted molar refractivity (Wildman–Crippen MR) is 260 cm³/mol. The highest BCUT2D eigenvalue weighted by Crippen LogP contribution is 2.46. The molecule has 0 N–H and O–H groups in total. The summed E-state index contributed by atoms with van der Waals surface area (Å²) in [4.78, 5) is 15.2. The molecule has 0 saturated carbocycles. The van der Waals surface area contributed by atoms with E-state index in [1.54, 1.807) is 0 Å². The van der Waals surface area contributed by atoms with Crippen molar-refractivity contribution in [3.8, 4) is 73.2 Å². The van der Waals surface area contributed by atoms with Crippen LogP contribution in [0.4, 0.5) is 0 Å². The molecule has 290 valence electrons. The lowest BCUT2D eigenvalue weighted by Gasteiger charge is -2.15. The third kappa shape index (κ3) is 6.09. The standard InChI is InChI=1S/C57H36N4S/c1-4-16-37(17-5-1)38-30-32-40(33-31-38)56-58-55(39-18-6-2-7-19-39)59-57(60-56)41-34-35-46-50-28-15-27-49(54(50)62-52(46)36-41)44-23-11-10-22-43(44)47-25-14-26-48-45-24-12-13-29-51(45)61(53(47)48)42-20-8-3-9-21-42/h1-36H. The first-order valence-electron chi connectivity index (χ1n) is 20.9. The first kappa shape index (κ1) is 35.9. The molecule has 12 rings (SSSR count). The van der Waals surface area contributed by atoms with Crippen molar-refractivity contribution >= 4 is 53.3 Å². The van der Waals surface area contributed by atoms with Gasteiger partial charge < -0.3 is 4.57 Å². The molecule has 0 amide bonds. The highest BCUT2D eigenvalue weighted by Gasteiger charge is 2.20. The van der Waals surface area contributed by atoms with Gasteiger partial charge in [0.05, 0.1) is 11.0 Å². The fourth-order valence-corrected chi connectivity index (χ4v) is 10.2. The van der Waals surface area contributed by atoms with E-state index in [9.17, 15) is 0 Å². The number of thiophene rings is 1. The Morgan fingerprint density at radius 3 is 1.53 bits per heavy atom. The zero-order valence-corrected chi connectivity index (χ0v) is 34.3. The van der Waals surface area contributed by atoms with Crippen LogP contribution in [0, 0.1) is 0 Å². The summed E-state index contributed by atoms with van der Waals surface area (Å²) in [6.45, 7) is 0. The lowest BCUT2D eigenvalue weighted by Crippen LogP contribution is -2.00. The molecule has 12 aromatic rings. The van der Waals surface area contributed by atoms with Crippen LogP contribution >= 0.6 is 11.3 Å². The molecule has 0 aliphatic heterocycles. The van der Waals surface area contributed by atoms with Gasteiger partial charge in [-0.25, -0.2) is 15.0 Å². The average Bonchev–Trinajstić information content (AvgIpc) is 3.90. The Labute approximate surface area is 362 Å². The van der Waals surface area contributed by atoms with Crippen LogP contribution in [0.2, 0.25) is 0 Å². The lowest BCUT2D eigenvalue weighted by atomic mass is 9.92. The highest BCUT2D eigenvalue weighted by molar-refractivity contribution is 7.26. The van der Waals surface area contributed by atoms with Crippen LogP contribution in [0.25, 0.3) is 115 Å². The minimum absolute atomic E-state index is 0.644. The SMILES string of the molecule is c1ccc(-c2ccc(-c3nc(-c4ccccc4)nc(-c4ccc5c(c4)sc4c(-c6ccccc6-c6cccc7c8ccccc8n(-c8ccccc8)c67)cccc45)n3)cc2)cc1. The van der Waals surface area contributed by atoms with Crippen LogP contribution in [0.3, 0.4) is 0 Å². The van der Waals surface area contributed by atoms with Gasteiger partial charge in [-0.15, -0.1) is 11.3 Å². The summed E-state index contributed by atoms with van der Waals surface area (Å²) < 4.78 is 4.86. The quantitative estimate of drug-likeness (QED) is 0.161. The van der Waals surface area contributed by atoms with Crippen LogP contribution in [-0.4, -0.2) is 19.5 Å². The number of benzene rings is 9. The van der Waals surface area contributed by atoms with Crippen LogP contribution in [-0.2, 0) is 0 Å². The maximum Gasteiger partial charge on any atom is 0.164 e. The van der Waals surface area contributed by atoms with Crippen LogP contribution in [0.5, 0.6) is 0 Å². The molecule has 3 aromatic heterocycles. The van der Waals surface area contributed by atoms with E-state index in [0.29, 0.717) is 17.5 Å². The zero-order valence-electron chi connectivity index (χ0n) is 33.5. The topological polar surface area (TPSA) is 43.6 Å². The predicted octanol–water partition coefficient (Wildman–Crippen LogP) is 15.3. The van der Waals surface area contributed by atoms with Crippen molar-refractivity contribution in [1.29, 1.82) is 0 Å². The normalized spacial score (nSPS) is 11.5. The minimum Gasteiger partial charge on any atom is -0.309 e. The maximum absolute atomic E-state index is 5.12. The molecular formula is C57H36N4S. The summed E-state index contributed by atoms with van der Waals surface area (Å²) in [6.07, 6.45) is 0. The molecule has 0 atom stereocenters. The molecule has 0 spiro atoms. The second-order valence-electron chi connectivity index (χ2n) is 15.5. The number of para-hydroxylation sites is 3. The molecule has 0 radical (unpaired) electrons. The van der Waals surface area contributed by atoms with E-state index in [4.69, 9.17) is 15.0 Å². The fourth-order valence-electron chi connectivity index (χ4n) is 8.98. The van der Waals surface area contributed by atoms with Gasteiger partial charge in [0, 0.05) is 64.4 Å². The number of nitrogens with zero attached hydrogens (tertiary/aromatic N) is 4. The van der Waals surface area contributed by atoms with Gasteiger partial charge in [0.15, 0.2) is 17.5 Å². The van der Waals surface area contributed by atoms with Gasteiger partial charge in [0.1, 0.15) is 0 Å². The molecule has 0 bridgehead atoms. The van der Waals surface area contributed by atoms with Gasteiger partial charge in [-0.05, 0) is 46.5 Å². The fraction of sp³-hybridized carbons (Fsp3) is 0. The summed E-state index contributed by atoms with van der Waals surface area (Å²) in [5.41, 5.74) is 13.5. The van der Waals surface area contributed by atoms with Crippen molar-refractivity contribution in [3.05, 3.63) is 218 Å². The minimum atomic E-state index is 0.644.